The molecule has 2 rings (SSSR count). The predicted octanol–water partition coefficient (Wildman–Crippen LogP) is 2.11. The fourth-order valence-corrected chi connectivity index (χ4v) is 2.45. The molecule has 15 heavy (non-hydrogen) atoms. The number of nitrogens with zero attached hydrogens (tertiary/aromatic N) is 1. The largest absolute Gasteiger partial charge is 0.314 e. The third-order valence-corrected chi connectivity index (χ3v) is 4.08. The quantitative estimate of drug-likeness (QED) is 0.699. The average molecular weight is 210 g/mol. The van der Waals surface area contributed by atoms with E-state index in [1.807, 2.05) is 0 Å². The number of nitrogens with one attached hydrogen (secondary N) is 1. The fourth-order valence-electron chi connectivity index (χ4n) is 2.45. The highest BCUT2D eigenvalue weighted by atomic mass is 15.1. The number of rotatable bonds is 5. The highest BCUT2D eigenvalue weighted by Crippen LogP contribution is 2.22. The lowest BCUT2D eigenvalue weighted by Crippen LogP contribution is -2.39. The van der Waals surface area contributed by atoms with Gasteiger partial charge in [-0.3, -0.25) is 0 Å². The van der Waals surface area contributed by atoms with Crippen LogP contribution in [0, 0.1) is 11.8 Å². The third-order valence-electron chi connectivity index (χ3n) is 4.08. The molecule has 2 heteroatoms. The smallest absolute Gasteiger partial charge is 0.00682 e. The standard InChI is InChI=1S/C13H26N2/c1-11-6-9-15(10-12(11)2)8-3-7-14-13-4-5-13/h11-14H,3-10H2,1-2H3. The number of likely N-dealkylation sites (tertiary alicyclic amines) is 1. The van der Waals surface area contributed by atoms with Crippen molar-refractivity contribution in [2.75, 3.05) is 26.2 Å². The average Bonchev–Trinajstić information content (AvgIpc) is 3.02. The first-order valence-electron chi connectivity index (χ1n) is 6.71. The minimum absolute atomic E-state index is 0.880. The van der Waals surface area contributed by atoms with Crippen molar-refractivity contribution in [1.29, 1.82) is 0 Å². The highest BCUT2D eigenvalue weighted by Gasteiger charge is 2.22. The first-order chi connectivity index (χ1) is 7.25. The summed E-state index contributed by atoms with van der Waals surface area (Å²) in [6.07, 6.45) is 5.56. The molecule has 0 aromatic heterocycles. The van der Waals surface area contributed by atoms with E-state index in [4.69, 9.17) is 0 Å². The Labute approximate surface area is 94.4 Å². The van der Waals surface area contributed by atoms with Crippen LogP contribution in [0.25, 0.3) is 0 Å². The maximum Gasteiger partial charge on any atom is 0.00682 e. The van der Waals surface area contributed by atoms with E-state index >= 15 is 0 Å². The van der Waals surface area contributed by atoms with E-state index < -0.39 is 0 Å². The van der Waals surface area contributed by atoms with Crippen LogP contribution in [-0.2, 0) is 0 Å². The van der Waals surface area contributed by atoms with Gasteiger partial charge in [0.2, 0.25) is 0 Å². The molecule has 1 heterocycles. The molecule has 2 atom stereocenters. The van der Waals surface area contributed by atoms with Crippen LogP contribution in [-0.4, -0.2) is 37.1 Å². The van der Waals surface area contributed by atoms with E-state index in [2.05, 4.69) is 24.1 Å². The molecule has 0 spiro atoms. The zero-order valence-corrected chi connectivity index (χ0v) is 10.3. The lowest BCUT2D eigenvalue weighted by Gasteiger charge is -2.35. The summed E-state index contributed by atoms with van der Waals surface area (Å²) in [6, 6.07) is 0.880. The summed E-state index contributed by atoms with van der Waals surface area (Å²) < 4.78 is 0. The van der Waals surface area contributed by atoms with Crippen molar-refractivity contribution < 1.29 is 0 Å². The Morgan fingerprint density at radius 3 is 2.60 bits per heavy atom. The van der Waals surface area contributed by atoms with Gasteiger partial charge in [0, 0.05) is 12.6 Å². The van der Waals surface area contributed by atoms with Gasteiger partial charge in [-0.2, -0.15) is 0 Å². The van der Waals surface area contributed by atoms with E-state index in [1.165, 1.54) is 51.9 Å². The van der Waals surface area contributed by atoms with Gasteiger partial charge >= 0.3 is 0 Å². The van der Waals surface area contributed by atoms with Crippen molar-refractivity contribution >= 4 is 0 Å². The summed E-state index contributed by atoms with van der Waals surface area (Å²) in [4.78, 5) is 2.65. The number of piperidine rings is 1. The van der Waals surface area contributed by atoms with E-state index in [0.717, 1.165) is 17.9 Å². The van der Waals surface area contributed by atoms with Gasteiger partial charge in [-0.15, -0.1) is 0 Å². The lowest BCUT2D eigenvalue weighted by atomic mass is 9.89. The van der Waals surface area contributed by atoms with Crippen molar-refractivity contribution in [1.82, 2.24) is 10.2 Å². The molecule has 1 aliphatic carbocycles. The SMILES string of the molecule is CC1CCN(CCCNC2CC2)CC1C. The Bertz CT molecular complexity index is 189. The lowest BCUT2D eigenvalue weighted by molar-refractivity contribution is 0.137. The van der Waals surface area contributed by atoms with E-state index in [1.54, 1.807) is 0 Å². The predicted molar refractivity (Wildman–Crippen MR) is 65.0 cm³/mol. The van der Waals surface area contributed by atoms with Crippen molar-refractivity contribution in [2.24, 2.45) is 11.8 Å². The maximum atomic E-state index is 3.59. The Hall–Kier alpha value is -0.0800. The molecule has 2 aliphatic rings. The summed E-state index contributed by atoms with van der Waals surface area (Å²) in [6.45, 7) is 9.98. The fraction of sp³-hybridized carbons (Fsp3) is 1.00. The van der Waals surface area contributed by atoms with E-state index in [9.17, 15) is 0 Å². The molecule has 1 aliphatic heterocycles. The molecule has 0 aromatic carbocycles. The Morgan fingerprint density at radius 1 is 1.13 bits per heavy atom. The van der Waals surface area contributed by atoms with Gasteiger partial charge in [0.25, 0.3) is 0 Å². The van der Waals surface area contributed by atoms with Crippen LogP contribution >= 0.6 is 0 Å². The molecule has 0 aromatic rings. The molecule has 1 saturated heterocycles. The molecule has 0 bridgehead atoms. The zero-order valence-electron chi connectivity index (χ0n) is 10.3. The molecule has 0 radical (unpaired) electrons. The van der Waals surface area contributed by atoms with Crippen molar-refractivity contribution in [3.63, 3.8) is 0 Å². The topological polar surface area (TPSA) is 15.3 Å². The second-order valence-corrected chi connectivity index (χ2v) is 5.63. The zero-order chi connectivity index (χ0) is 10.7. The first kappa shape index (κ1) is 11.4. The molecule has 88 valence electrons. The molecule has 0 amide bonds. The summed E-state index contributed by atoms with van der Waals surface area (Å²) >= 11 is 0. The normalized spacial score (nSPS) is 33.2. The van der Waals surface area contributed by atoms with Crippen molar-refractivity contribution in [3.8, 4) is 0 Å². The van der Waals surface area contributed by atoms with Crippen LogP contribution in [0.3, 0.4) is 0 Å². The molecule has 1 saturated carbocycles. The minimum Gasteiger partial charge on any atom is -0.314 e. The van der Waals surface area contributed by atoms with E-state index in [-0.39, 0.29) is 0 Å². The summed E-state index contributed by atoms with van der Waals surface area (Å²) in [5.74, 6) is 1.83. The summed E-state index contributed by atoms with van der Waals surface area (Å²) in [5.41, 5.74) is 0. The van der Waals surface area contributed by atoms with Gasteiger partial charge in [-0.1, -0.05) is 13.8 Å². The molecule has 1 N–H and O–H groups in total. The molecular weight excluding hydrogens is 184 g/mol. The van der Waals surface area contributed by atoms with Gasteiger partial charge in [0.15, 0.2) is 0 Å². The highest BCUT2D eigenvalue weighted by molar-refractivity contribution is 4.81. The first-order valence-corrected chi connectivity index (χ1v) is 6.71. The van der Waals surface area contributed by atoms with Crippen molar-refractivity contribution in [3.05, 3.63) is 0 Å². The number of hydrogen-bond donors (Lipinski definition) is 1. The van der Waals surface area contributed by atoms with Crippen LogP contribution < -0.4 is 5.32 Å². The van der Waals surface area contributed by atoms with Gasteiger partial charge < -0.3 is 10.2 Å². The van der Waals surface area contributed by atoms with Gasteiger partial charge in [-0.05, 0) is 57.2 Å². The van der Waals surface area contributed by atoms with Gasteiger partial charge in [-0.25, -0.2) is 0 Å². The van der Waals surface area contributed by atoms with Crippen LogP contribution in [0.4, 0.5) is 0 Å². The van der Waals surface area contributed by atoms with Gasteiger partial charge in [0.1, 0.15) is 0 Å². The maximum absolute atomic E-state index is 3.59. The van der Waals surface area contributed by atoms with Crippen LogP contribution in [0.15, 0.2) is 0 Å². The molecular formula is C13H26N2. The summed E-state index contributed by atoms with van der Waals surface area (Å²) in [5, 5.41) is 3.59. The molecule has 2 fully saturated rings. The second-order valence-electron chi connectivity index (χ2n) is 5.63. The number of hydrogen-bond acceptors (Lipinski definition) is 2. The Kier molecular flexibility index (Phi) is 4.04. The van der Waals surface area contributed by atoms with Crippen LogP contribution in [0.2, 0.25) is 0 Å². The van der Waals surface area contributed by atoms with Crippen LogP contribution in [0.1, 0.15) is 39.5 Å². The second kappa shape index (κ2) is 5.31. The van der Waals surface area contributed by atoms with Gasteiger partial charge in [0.05, 0.1) is 0 Å². The Morgan fingerprint density at radius 2 is 1.93 bits per heavy atom. The van der Waals surface area contributed by atoms with Crippen LogP contribution in [0.5, 0.6) is 0 Å². The molecule has 2 unspecified atom stereocenters. The molecule has 2 nitrogen and oxygen atoms in total. The monoisotopic (exact) mass is 210 g/mol. The van der Waals surface area contributed by atoms with E-state index in [0.29, 0.717) is 0 Å². The van der Waals surface area contributed by atoms with Crippen molar-refractivity contribution in [2.45, 2.75) is 45.6 Å². The Balaban J connectivity index is 1.54. The third kappa shape index (κ3) is 3.76. The minimum atomic E-state index is 0.880. The summed E-state index contributed by atoms with van der Waals surface area (Å²) in [7, 11) is 0.